The molecule has 4 nitrogen and oxygen atoms in total. The van der Waals surface area contributed by atoms with Crippen LogP contribution in [-0.2, 0) is 11.2 Å². The van der Waals surface area contributed by atoms with Crippen molar-refractivity contribution in [3.05, 3.63) is 53.7 Å². The molecule has 0 saturated carbocycles. The fourth-order valence-electron chi connectivity index (χ4n) is 2.52. The maximum atomic E-state index is 12.6. The molecule has 0 bridgehead atoms. The Balaban J connectivity index is 1.78. The monoisotopic (exact) mass is 267 g/mol. The topological polar surface area (TPSA) is 45.2 Å². The summed E-state index contributed by atoms with van der Waals surface area (Å²) in [6, 6.07) is 11.6. The van der Waals surface area contributed by atoms with Gasteiger partial charge < -0.3 is 10.2 Å². The molecule has 1 aliphatic heterocycles. The fraction of sp³-hybridized carbons (Fsp3) is 0.250. The van der Waals surface area contributed by atoms with Crippen LogP contribution in [0.2, 0.25) is 0 Å². The highest BCUT2D eigenvalue weighted by atomic mass is 16.2. The average Bonchev–Trinajstić information content (AvgIpc) is 2.89. The van der Waals surface area contributed by atoms with Gasteiger partial charge in [0, 0.05) is 25.4 Å². The molecule has 0 fully saturated rings. The molecule has 2 aromatic rings. The summed E-state index contributed by atoms with van der Waals surface area (Å²) in [5.74, 6) is 0.886. The number of fused-ring (bicyclic) bond motifs is 1. The van der Waals surface area contributed by atoms with Gasteiger partial charge in [0.2, 0.25) is 5.91 Å². The van der Waals surface area contributed by atoms with Gasteiger partial charge in [-0.2, -0.15) is 0 Å². The minimum absolute atomic E-state index is 0.0635. The van der Waals surface area contributed by atoms with Crippen LogP contribution in [0.5, 0.6) is 0 Å². The van der Waals surface area contributed by atoms with E-state index in [0.717, 1.165) is 22.6 Å². The van der Waals surface area contributed by atoms with Gasteiger partial charge in [-0.05, 0) is 36.2 Å². The Hall–Kier alpha value is -2.36. The van der Waals surface area contributed by atoms with Crippen LogP contribution >= 0.6 is 0 Å². The highest BCUT2D eigenvalue weighted by Gasteiger charge is 2.29. The molecular formula is C16H17N3O. The smallest absolute Gasteiger partial charge is 0.249 e. The fourth-order valence-corrected chi connectivity index (χ4v) is 2.52. The summed E-state index contributed by atoms with van der Waals surface area (Å²) in [7, 11) is 1.81. The van der Waals surface area contributed by atoms with E-state index in [1.807, 2.05) is 50.4 Å². The van der Waals surface area contributed by atoms with Gasteiger partial charge in [-0.3, -0.25) is 4.79 Å². The first-order valence-corrected chi connectivity index (χ1v) is 6.70. The molecular weight excluding hydrogens is 250 g/mol. The van der Waals surface area contributed by atoms with Crippen molar-refractivity contribution in [1.29, 1.82) is 0 Å². The summed E-state index contributed by atoms with van der Waals surface area (Å²) >= 11 is 0. The van der Waals surface area contributed by atoms with Crippen LogP contribution in [0.3, 0.4) is 0 Å². The lowest BCUT2D eigenvalue weighted by molar-refractivity contribution is -0.118. The molecule has 2 heterocycles. The Labute approximate surface area is 118 Å². The molecule has 1 amide bonds. The molecule has 0 spiro atoms. The largest absolute Gasteiger partial charge is 0.358 e. The molecule has 1 N–H and O–H groups in total. The maximum absolute atomic E-state index is 12.6. The Morgan fingerprint density at radius 1 is 1.35 bits per heavy atom. The Morgan fingerprint density at radius 2 is 2.20 bits per heavy atom. The molecule has 4 heteroatoms. The summed E-state index contributed by atoms with van der Waals surface area (Å²) in [4.78, 5) is 18.5. The third-order valence-corrected chi connectivity index (χ3v) is 3.64. The molecule has 1 aromatic carbocycles. The van der Waals surface area contributed by atoms with Crippen LogP contribution in [0.1, 0.15) is 11.1 Å². The van der Waals surface area contributed by atoms with Crippen LogP contribution in [-0.4, -0.2) is 24.0 Å². The zero-order valence-electron chi connectivity index (χ0n) is 11.6. The number of nitrogens with one attached hydrogen (secondary N) is 1. The summed E-state index contributed by atoms with van der Waals surface area (Å²) in [5, 5.41) is 3.20. The number of hydrogen-bond donors (Lipinski definition) is 1. The van der Waals surface area contributed by atoms with Gasteiger partial charge in [0.15, 0.2) is 0 Å². The number of aromatic nitrogens is 1. The standard InChI is InChI=1S/C16H17N3O/c1-11-5-3-7-13(9-11)19(2)16(20)14-10-12-6-4-8-17-15(12)18-14/h3-9,14H,10H2,1-2H3,(H,17,18). The van der Waals surface area contributed by atoms with Crippen molar-refractivity contribution in [1.82, 2.24) is 4.98 Å². The average molecular weight is 267 g/mol. The number of amides is 1. The molecule has 1 aliphatic rings. The quantitative estimate of drug-likeness (QED) is 0.908. The second-order valence-electron chi connectivity index (χ2n) is 5.15. The third kappa shape index (κ3) is 2.25. The number of benzene rings is 1. The van der Waals surface area contributed by atoms with E-state index in [4.69, 9.17) is 0 Å². The van der Waals surface area contributed by atoms with Crippen LogP contribution in [0.15, 0.2) is 42.6 Å². The molecule has 0 aliphatic carbocycles. The number of pyridine rings is 1. The van der Waals surface area contributed by atoms with Crippen molar-refractivity contribution >= 4 is 17.4 Å². The number of hydrogen-bond acceptors (Lipinski definition) is 3. The second-order valence-corrected chi connectivity index (χ2v) is 5.15. The van der Waals surface area contributed by atoms with Gasteiger partial charge in [-0.15, -0.1) is 0 Å². The van der Waals surface area contributed by atoms with Crippen LogP contribution in [0.4, 0.5) is 11.5 Å². The minimum Gasteiger partial charge on any atom is -0.358 e. The normalized spacial score (nSPS) is 16.4. The highest BCUT2D eigenvalue weighted by molar-refractivity contribution is 5.99. The number of likely N-dealkylation sites (N-methyl/N-ethyl adjacent to an activating group) is 1. The van der Waals surface area contributed by atoms with E-state index < -0.39 is 0 Å². The van der Waals surface area contributed by atoms with Gasteiger partial charge in [0.25, 0.3) is 0 Å². The number of nitrogens with zero attached hydrogens (tertiary/aromatic N) is 2. The molecule has 1 aromatic heterocycles. The first kappa shape index (κ1) is 12.7. The molecule has 20 heavy (non-hydrogen) atoms. The molecule has 1 unspecified atom stereocenters. The van der Waals surface area contributed by atoms with Crippen LogP contribution in [0.25, 0.3) is 0 Å². The zero-order chi connectivity index (χ0) is 14.1. The predicted molar refractivity (Wildman–Crippen MR) is 79.9 cm³/mol. The number of anilines is 2. The zero-order valence-corrected chi connectivity index (χ0v) is 11.6. The van der Waals surface area contributed by atoms with Crippen molar-refractivity contribution in [2.75, 3.05) is 17.3 Å². The van der Waals surface area contributed by atoms with Gasteiger partial charge >= 0.3 is 0 Å². The van der Waals surface area contributed by atoms with Crippen LogP contribution < -0.4 is 10.2 Å². The van der Waals surface area contributed by atoms with E-state index in [2.05, 4.69) is 10.3 Å². The Morgan fingerprint density at radius 3 is 2.95 bits per heavy atom. The summed E-state index contributed by atoms with van der Waals surface area (Å²) < 4.78 is 0. The summed E-state index contributed by atoms with van der Waals surface area (Å²) in [6.07, 6.45) is 2.43. The van der Waals surface area contributed by atoms with Gasteiger partial charge in [0.1, 0.15) is 11.9 Å². The first-order valence-electron chi connectivity index (χ1n) is 6.70. The first-order chi connectivity index (χ1) is 9.65. The Bertz CT molecular complexity index is 629. The van der Waals surface area contributed by atoms with E-state index in [1.165, 1.54) is 0 Å². The number of aryl methyl sites for hydroxylation is 1. The number of rotatable bonds is 2. The van der Waals surface area contributed by atoms with E-state index >= 15 is 0 Å². The third-order valence-electron chi connectivity index (χ3n) is 3.64. The number of carbonyl (C=O) groups excluding carboxylic acids is 1. The predicted octanol–water partition coefficient (Wildman–Crippen LogP) is 2.39. The van der Waals surface area contributed by atoms with Crippen molar-refractivity contribution in [2.45, 2.75) is 19.4 Å². The second kappa shape index (κ2) is 4.96. The van der Waals surface area contributed by atoms with Crippen molar-refractivity contribution in [2.24, 2.45) is 0 Å². The summed E-state index contributed by atoms with van der Waals surface area (Å²) in [6.45, 7) is 2.02. The molecule has 3 rings (SSSR count). The van der Waals surface area contributed by atoms with E-state index in [0.29, 0.717) is 6.42 Å². The van der Waals surface area contributed by atoms with Crippen molar-refractivity contribution in [3.8, 4) is 0 Å². The van der Waals surface area contributed by atoms with Crippen molar-refractivity contribution < 1.29 is 4.79 Å². The SMILES string of the molecule is Cc1cccc(N(C)C(=O)C2Cc3cccnc3N2)c1. The highest BCUT2D eigenvalue weighted by Crippen LogP contribution is 2.25. The van der Waals surface area contributed by atoms with Gasteiger partial charge in [-0.1, -0.05) is 18.2 Å². The van der Waals surface area contributed by atoms with Crippen LogP contribution in [0, 0.1) is 6.92 Å². The lowest BCUT2D eigenvalue weighted by Gasteiger charge is -2.21. The molecule has 0 radical (unpaired) electrons. The molecule has 102 valence electrons. The number of carbonyl (C=O) groups is 1. The van der Waals surface area contributed by atoms with Gasteiger partial charge in [-0.25, -0.2) is 4.98 Å². The van der Waals surface area contributed by atoms with Gasteiger partial charge in [0.05, 0.1) is 0 Å². The molecule has 1 atom stereocenters. The van der Waals surface area contributed by atoms with Crippen molar-refractivity contribution in [3.63, 3.8) is 0 Å². The lowest BCUT2D eigenvalue weighted by Crippen LogP contribution is -2.40. The minimum atomic E-state index is -0.231. The maximum Gasteiger partial charge on any atom is 0.249 e. The Kier molecular flexibility index (Phi) is 3.14. The van der Waals surface area contributed by atoms with E-state index in [1.54, 1.807) is 11.1 Å². The summed E-state index contributed by atoms with van der Waals surface area (Å²) in [5.41, 5.74) is 3.16. The van der Waals surface area contributed by atoms with E-state index in [9.17, 15) is 4.79 Å². The molecule has 0 saturated heterocycles. The lowest BCUT2D eigenvalue weighted by atomic mass is 10.1. The van der Waals surface area contributed by atoms with E-state index in [-0.39, 0.29) is 11.9 Å².